The fraction of sp³-hybridized carbons (Fsp3) is 0.208. The van der Waals surface area contributed by atoms with Crippen LogP contribution in [-0.2, 0) is 27.7 Å². The maximum Gasteiger partial charge on any atom is 0.307 e. The first-order chi connectivity index (χ1) is 15.0. The molecule has 0 unspecified atom stereocenters. The third-order valence-electron chi connectivity index (χ3n) is 4.73. The number of aliphatic carboxylic acids is 1. The van der Waals surface area contributed by atoms with Gasteiger partial charge in [-0.05, 0) is 49.1 Å². The molecule has 7 heteroatoms. The van der Waals surface area contributed by atoms with Gasteiger partial charge in [0.25, 0.3) is 10.0 Å². The summed E-state index contributed by atoms with van der Waals surface area (Å²) in [5.74, 6) is -0.313. The Kier molecular flexibility index (Phi) is 7.67. The maximum absolute atomic E-state index is 12.6. The van der Waals surface area contributed by atoms with E-state index in [1.165, 1.54) is 0 Å². The topological polar surface area (TPSA) is 92.7 Å². The molecule has 0 amide bonds. The molecule has 0 saturated heterocycles. The average Bonchev–Trinajstić information content (AvgIpc) is 2.76. The SMILES string of the molecule is O=C(O)Cc1ccccc1OCCCCc1ccccc1NS(=O)(=O)c1ccccc1. The van der Waals surface area contributed by atoms with E-state index in [1.54, 1.807) is 60.7 Å². The molecule has 0 bridgehead atoms. The summed E-state index contributed by atoms with van der Waals surface area (Å²) in [6.07, 6.45) is 2.16. The van der Waals surface area contributed by atoms with Crippen LogP contribution in [0.15, 0.2) is 83.8 Å². The van der Waals surface area contributed by atoms with Crippen molar-refractivity contribution in [3.8, 4) is 5.75 Å². The van der Waals surface area contributed by atoms with E-state index < -0.39 is 16.0 Å². The van der Waals surface area contributed by atoms with Gasteiger partial charge in [0.05, 0.1) is 23.6 Å². The number of carbonyl (C=O) groups is 1. The highest BCUT2D eigenvalue weighted by Crippen LogP contribution is 2.22. The van der Waals surface area contributed by atoms with Crippen LogP contribution in [0, 0.1) is 0 Å². The van der Waals surface area contributed by atoms with Crippen LogP contribution in [-0.4, -0.2) is 26.1 Å². The zero-order valence-electron chi connectivity index (χ0n) is 17.0. The van der Waals surface area contributed by atoms with Crippen molar-refractivity contribution >= 4 is 21.7 Å². The van der Waals surface area contributed by atoms with Crippen molar-refractivity contribution in [2.45, 2.75) is 30.6 Å². The minimum atomic E-state index is -3.64. The Hall–Kier alpha value is -3.32. The van der Waals surface area contributed by atoms with Crippen molar-refractivity contribution < 1.29 is 23.1 Å². The molecule has 0 atom stereocenters. The molecule has 0 spiro atoms. The molecule has 3 aromatic rings. The third-order valence-corrected chi connectivity index (χ3v) is 6.11. The van der Waals surface area contributed by atoms with E-state index in [9.17, 15) is 13.2 Å². The number of ether oxygens (including phenoxy) is 1. The second-order valence-corrected chi connectivity index (χ2v) is 8.74. The zero-order chi connectivity index (χ0) is 22.1. The number of carboxylic acid groups (broad SMARTS) is 1. The van der Waals surface area contributed by atoms with Gasteiger partial charge in [0, 0.05) is 5.56 Å². The molecule has 3 aromatic carbocycles. The number of nitrogens with one attached hydrogen (secondary N) is 1. The van der Waals surface area contributed by atoms with Crippen LogP contribution in [0.4, 0.5) is 5.69 Å². The van der Waals surface area contributed by atoms with Gasteiger partial charge in [-0.1, -0.05) is 54.6 Å². The smallest absolute Gasteiger partial charge is 0.307 e. The van der Waals surface area contributed by atoms with E-state index in [0.29, 0.717) is 30.0 Å². The van der Waals surface area contributed by atoms with Crippen molar-refractivity contribution in [3.63, 3.8) is 0 Å². The Balaban J connectivity index is 1.55. The quantitative estimate of drug-likeness (QED) is 0.429. The summed E-state index contributed by atoms with van der Waals surface area (Å²) in [5, 5.41) is 9.00. The van der Waals surface area contributed by atoms with E-state index in [2.05, 4.69) is 4.72 Å². The molecule has 0 heterocycles. The highest BCUT2D eigenvalue weighted by Gasteiger charge is 2.15. The fourth-order valence-electron chi connectivity index (χ4n) is 3.19. The molecular formula is C24H25NO5S. The van der Waals surface area contributed by atoms with Crippen LogP contribution < -0.4 is 9.46 Å². The molecular weight excluding hydrogens is 414 g/mol. The largest absolute Gasteiger partial charge is 0.493 e. The Morgan fingerprint density at radius 2 is 1.48 bits per heavy atom. The third kappa shape index (κ3) is 6.58. The van der Waals surface area contributed by atoms with Gasteiger partial charge in [0.1, 0.15) is 5.75 Å². The lowest BCUT2D eigenvalue weighted by Crippen LogP contribution is -2.14. The molecule has 0 aromatic heterocycles. The second-order valence-electron chi connectivity index (χ2n) is 7.06. The minimum Gasteiger partial charge on any atom is -0.493 e. The Bertz CT molecular complexity index is 1110. The number of unbranched alkanes of at least 4 members (excludes halogenated alkanes) is 1. The summed E-state index contributed by atoms with van der Waals surface area (Å²) >= 11 is 0. The van der Waals surface area contributed by atoms with Crippen molar-refractivity contribution in [3.05, 3.63) is 90.0 Å². The first-order valence-corrected chi connectivity index (χ1v) is 11.5. The lowest BCUT2D eigenvalue weighted by Gasteiger charge is -2.13. The molecule has 0 aliphatic rings. The maximum atomic E-state index is 12.6. The number of aryl methyl sites for hydroxylation is 1. The number of sulfonamides is 1. The summed E-state index contributed by atoms with van der Waals surface area (Å²) in [6, 6.07) is 22.7. The first-order valence-electron chi connectivity index (χ1n) is 10.0. The molecule has 3 rings (SSSR count). The van der Waals surface area contributed by atoms with E-state index in [-0.39, 0.29) is 11.3 Å². The average molecular weight is 440 g/mol. The number of hydrogen-bond acceptors (Lipinski definition) is 4. The van der Waals surface area contributed by atoms with Gasteiger partial charge in [-0.25, -0.2) is 8.42 Å². The highest BCUT2D eigenvalue weighted by atomic mass is 32.2. The Morgan fingerprint density at radius 3 is 2.23 bits per heavy atom. The number of benzene rings is 3. The van der Waals surface area contributed by atoms with Crippen molar-refractivity contribution in [1.29, 1.82) is 0 Å². The molecule has 0 fully saturated rings. The lowest BCUT2D eigenvalue weighted by atomic mass is 10.1. The second kappa shape index (κ2) is 10.6. The van der Waals surface area contributed by atoms with E-state index in [4.69, 9.17) is 9.84 Å². The minimum absolute atomic E-state index is 0.0783. The first kappa shape index (κ1) is 22.4. The van der Waals surface area contributed by atoms with Crippen molar-refractivity contribution in [2.75, 3.05) is 11.3 Å². The van der Waals surface area contributed by atoms with Crippen LogP contribution in [0.3, 0.4) is 0 Å². The summed E-state index contributed by atoms with van der Waals surface area (Å²) in [4.78, 5) is 11.2. The van der Waals surface area contributed by atoms with Crippen molar-refractivity contribution in [2.24, 2.45) is 0 Å². The summed E-state index contributed by atoms with van der Waals surface area (Å²) in [7, 11) is -3.64. The molecule has 162 valence electrons. The molecule has 0 saturated carbocycles. The molecule has 0 aliphatic heterocycles. The normalized spacial score (nSPS) is 11.1. The summed E-state index contributed by atoms with van der Waals surface area (Å²) < 4.78 is 33.7. The lowest BCUT2D eigenvalue weighted by molar-refractivity contribution is -0.136. The molecule has 31 heavy (non-hydrogen) atoms. The Morgan fingerprint density at radius 1 is 0.839 bits per heavy atom. The number of anilines is 1. The van der Waals surface area contributed by atoms with Crippen LogP contribution in [0.1, 0.15) is 24.0 Å². The summed E-state index contributed by atoms with van der Waals surface area (Å²) in [6.45, 7) is 0.453. The van der Waals surface area contributed by atoms with Gasteiger partial charge >= 0.3 is 5.97 Å². The van der Waals surface area contributed by atoms with Gasteiger partial charge in [0.2, 0.25) is 0 Å². The van der Waals surface area contributed by atoms with Crippen LogP contribution >= 0.6 is 0 Å². The van der Waals surface area contributed by atoms with Gasteiger partial charge in [-0.3, -0.25) is 9.52 Å². The predicted octanol–water partition coefficient (Wildman–Crippen LogP) is 4.52. The molecule has 0 radical (unpaired) electrons. The zero-order valence-corrected chi connectivity index (χ0v) is 17.8. The number of hydrogen-bond donors (Lipinski definition) is 2. The van der Waals surface area contributed by atoms with E-state index in [1.807, 2.05) is 18.2 Å². The standard InChI is InChI=1S/C24H25NO5S/c26-24(27)18-20-12-5-7-16-23(20)30-17-9-8-11-19-10-4-6-15-22(19)25-31(28,29)21-13-2-1-3-14-21/h1-7,10,12-16,25H,8-9,11,17-18H2,(H,26,27). The van der Waals surface area contributed by atoms with Gasteiger partial charge in [-0.2, -0.15) is 0 Å². The van der Waals surface area contributed by atoms with Gasteiger partial charge in [-0.15, -0.1) is 0 Å². The molecule has 0 aliphatic carbocycles. The predicted molar refractivity (Wildman–Crippen MR) is 120 cm³/mol. The van der Waals surface area contributed by atoms with E-state index >= 15 is 0 Å². The van der Waals surface area contributed by atoms with Gasteiger partial charge < -0.3 is 9.84 Å². The Labute approximate surface area is 182 Å². The number of rotatable bonds is 11. The summed E-state index contributed by atoms with van der Waals surface area (Å²) in [5.41, 5.74) is 2.13. The highest BCUT2D eigenvalue weighted by molar-refractivity contribution is 7.92. The number of carboxylic acids is 1. The van der Waals surface area contributed by atoms with Crippen LogP contribution in [0.2, 0.25) is 0 Å². The monoisotopic (exact) mass is 439 g/mol. The van der Waals surface area contributed by atoms with E-state index in [0.717, 1.165) is 18.4 Å². The fourth-order valence-corrected chi connectivity index (χ4v) is 4.32. The van der Waals surface area contributed by atoms with Crippen LogP contribution in [0.5, 0.6) is 5.75 Å². The van der Waals surface area contributed by atoms with Crippen molar-refractivity contribution in [1.82, 2.24) is 0 Å². The molecule has 2 N–H and O–H groups in total. The number of para-hydroxylation sites is 2. The van der Waals surface area contributed by atoms with Crippen LogP contribution in [0.25, 0.3) is 0 Å². The molecule has 6 nitrogen and oxygen atoms in total. The van der Waals surface area contributed by atoms with Gasteiger partial charge in [0.15, 0.2) is 0 Å².